The lowest BCUT2D eigenvalue weighted by Gasteiger charge is -2.02. The van der Waals surface area contributed by atoms with Crippen LogP contribution in [0.3, 0.4) is 0 Å². The lowest BCUT2D eigenvalue weighted by Crippen LogP contribution is -2.23. The van der Waals surface area contributed by atoms with E-state index in [9.17, 15) is 9.59 Å². The van der Waals surface area contributed by atoms with Crippen molar-refractivity contribution >= 4 is 34.8 Å². The van der Waals surface area contributed by atoms with E-state index in [0.29, 0.717) is 5.01 Å². The smallest absolute Gasteiger partial charge is 0.355 e. The molecule has 2 aromatic rings. The Balaban J connectivity index is 1.98. The molecule has 2 N–H and O–H groups in total. The predicted molar refractivity (Wildman–Crippen MR) is 69.5 cm³/mol. The van der Waals surface area contributed by atoms with Gasteiger partial charge in [-0.3, -0.25) is 4.79 Å². The number of carbonyl (C=O) groups excluding carboxylic acids is 1. The summed E-state index contributed by atoms with van der Waals surface area (Å²) in [6.07, 6.45) is 0. The number of aromatic nitrogens is 2. The Kier molecular flexibility index (Phi) is 4.08. The number of carbonyl (C=O) groups is 2. The minimum atomic E-state index is -1.09. The molecule has 2 rings (SSSR count). The molecule has 0 aliphatic rings. The van der Waals surface area contributed by atoms with Crippen molar-refractivity contribution in [2.24, 2.45) is 0 Å². The number of carboxylic acids is 1. The van der Waals surface area contributed by atoms with Crippen molar-refractivity contribution in [3.05, 3.63) is 45.1 Å². The third-order valence-electron chi connectivity index (χ3n) is 2.12. The molecular formula is C11H8ClN3O3S. The Morgan fingerprint density at radius 1 is 1.32 bits per heavy atom. The van der Waals surface area contributed by atoms with Crippen LogP contribution < -0.4 is 5.32 Å². The van der Waals surface area contributed by atoms with Crippen LogP contribution in [0, 0.1) is 0 Å². The second-order valence-corrected chi connectivity index (χ2v) is 4.79. The summed E-state index contributed by atoms with van der Waals surface area (Å²) in [6, 6.07) is 4.72. The summed E-state index contributed by atoms with van der Waals surface area (Å²) in [5, 5.41) is 13.5. The molecule has 0 atom stereocenters. The highest BCUT2D eigenvalue weighted by Crippen LogP contribution is 2.10. The zero-order valence-electron chi connectivity index (χ0n) is 9.46. The van der Waals surface area contributed by atoms with E-state index >= 15 is 0 Å². The number of aromatic carboxylic acids is 1. The molecule has 0 bridgehead atoms. The molecule has 0 unspecified atom stereocenters. The number of nitrogens with zero attached hydrogens (tertiary/aromatic N) is 2. The molecule has 6 nitrogen and oxygen atoms in total. The summed E-state index contributed by atoms with van der Waals surface area (Å²) < 4.78 is 0. The van der Waals surface area contributed by atoms with Crippen molar-refractivity contribution in [3.8, 4) is 0 Å². The monoisotopic (exact) mass is 297 g/mol. The topological polar surface area (TPSA) is 92.2 Å². The molecule has 0 saturated carbocycles. The van der Waals surface area contributed by atoms with Gasteiger partial charge in [0.25, 0.3) is 5.91 Å². The average molecular weight is 298 g/mol. The van der Waals surface area contributed by atoms with Crippen LogP contribution in [0.5, 0.6) is 0 Å². The van der Waals surface area contributed by atoms with Gasteiger partial charge in [-0.05, 0) is 12.1 Å². The highest BCUT2D eigenvalue weighted by molar-refractivity contribution is 7.09. The van der Waals surface area contributed by atoms with Crippen molar-refractivity contribution < 1.29 is 14.7 Å². The molecule has 8 heteroatoms. The average Bonchev–Trinajstić information content (AvgIpc) is 2.85. The van der Waals surface area contributed by atoms with Gasteiger partial charge in [-0.1, -0.05) is 17.7 Å². The maximum atomic E-state index is 11.7. The summed E-state index contributed by atoms with van der Waals surface area (Å²) in [5.74, 6) is -1.49. The van der Waals surface area contributed by atoms with Gasteiger partial charge in [0.1, 0.15) is 15.9 Å². The molecule has 2 heterocycles. The first-order valence-corrected chi connectivity index (χ1v) is 6.40. The van der Waals surface area contributed by atoms with Gasteiger partial charge in [0.2, 0.25) is 0 Å². The first-order valence-electron chi connectivity index (χ1n) is 5.14. The number of halogens is 1. The van der Waals surface area contributed by atoms with Crippen LogP contribution >= 0.6 is 22.9 Å². The fraction of sp³-hybridized carbons (Fsp3) is 0.0909. The molecule has 0 aliphatic carbocycles. The first kappa shape index (κ1) is 13.4. The van der Waals surface area contributed by atoms with Crippen LogP contribution in [0.1, 0.15) is 26.0 Å². The van der Waals surface area contributed by atoms with Gasteiger partial charge in [0, 0.05) is 5.38 Å². The van der Waals surface area contributed by atoms with E-state index in [1.54, 1.807) is 12.1 Å². The summed E-state index contributed by atoms with van der Waals surface area (Å²) in [4.78, 5) is 30.1. The molecule has 0 spiro atoms. The Labute approximate surface area is 117 Å². The molecule has 0 fully saturated rings. The number of thiazole rings is 1. The molecule has 98 valence electrons. The van der Waals surface area contributed by atoms with Crippen LogP contribution in [0.2, 0.25) is 5.15 Å². The second kappa shape index (κ2) is 5.77. The van der Waals surface area contributed by atoms with E-state index in [1.165, 1.54) is 22.8 Å². The Hall–Kier alpha value is -1.99. The lowest BCUT2D eigenvalue weighted by atomic mass is 10.3. The molecule has 2 aromatic heterocycles. The maximum absolute atomic E-state index is 11.7. The van der Waals surface area contributed by atoms with Crippen LogP contribution in [0.4, 0.5) is 0 Å². The molecule has 0 aromatic carbocycles. The number of amides is 1. The molecule has 0 aliphatic heterocycles. The number of rotatable bonds is 4. The first-order chi connectivity index (χ1) is 9.06. The minimum Gasteiger partial charge on any atom is -0.476 e. The zero-order valence-corrected chi connectivity index (χ0v) is 11.0. The highest BCUT2D eigenvalue weighted by Gasteiger charge is 2.11. The molecule has 19 heavy (non-hydrogen) atoms. The summed E-state index contributed by atoms with van der Waals surface area (Å²) in [7, 11) is 0. The van der Waals surface area contributed by atoms with Crippen LogP contribution in [0.25, 0.3) is 0 Å². The van der Waals surface area contributed by atoms with Gasteiger partial charge < -0.3 is 10.4 Å². The zero-order chi connectivity index (χ0) is 13.8. The Morgan fingerprint density at radius 3 is 2.74 bits per heavy atom. The summed E-state index contributed by atoms with van der Waals surface area (Å²) in [5.41, 5.74) is 0.164. The van der Waals surface area contributed by atoms with Gasteiger partial charge in [-0.25, -0.2) is 14.8 Å². The van der Waals surface area contributed by atoms with Crippen molar-refractivity contribution in [2.75, 3.05) is 0 Å². The Morgan fingerprint density at radius 2 is 2.11 bits per heavy atom. The number of nitrogens with one attached hydrogen (secondary N) is 1. The summed E-state index contributed by atoms with van der Waals surface area (Å²) in [6.45, 7) is 0.144. The fourth-order valence-electron chi connectivity index (χ4n) is 1.27. The highest BCUT2D eigenvalue weighted by atomic mass is 35.5. The molecular weight excluding hydrogens is 290 g/mol. The van der Waals surface area contributed by atoms with Crippen molar-refractivity contribution in [1.29, 1.82) is 0 Å². The maximum Gasteiger partial charge on any atom is 0.355 e. The van der Waals surface area contributed by atoms with E-state index in [-0.39, 0.29) is 23.1 Å². The van der Waals surface area contributed by atoms with E-state index < -0.39 is 11.9 Å². The third kappa shape index (κ3) is 3.49. The van der Waals surface area contributed by atoms with Crippen molar-refractivity contribution in [3.63, 3.8) is 0 Å². The normalized spacial score (nSPS) is 10.2. The number of carboxylic acid groups (broad SMARTS) is 1. The van der Waals surface area contributed by atoms with E-state index in [2.05, 4.69) is 15.3 Å². The predicted octanol–water partition coefficient (Wildman–Crippen LogP) is 1.82. The van der Waals surface area contributed by atoms with Crippen LogP contribution in [-0.2, 0) is 6.54 Å². The molecule has 1 amide bonds. The minimum absolute atomic E-state index is 0.0323. The lowest BCUT2D eigenvalue weighted by molar-refractivity contribution is 0.0691. The standard InChI is InChI=1S/C11H8ClN3O3S/c12-8-3-1-2-6(14-8)10(16)13-4-9-15-7(5-19-9)11(17)18/h1-3,5H,4H2,(H,13,16)(H,17,18). The third-order valence-corrected chi connectivity index (χ3v) is 3.18. The summed E-state index contributed by atoms with van der Waals surface area (Å²) >= 11 is 6.84. The van der Waals surface area contributed by atoms with E-state index in [1.807, 2.05) is 0 Å². The van der Waals surface area contributed by atoms with Gasteiger partial charge >= 0.3 is 5.97 Å². The van der Waals surface area contributed by atoms with Crippen LogP contribution in [-0.4, -0.2) is 27.0 Å². The van der Waals surface area contributed by atoms with Gasteiger partial charge in [0.05, 0.1) is 6.54 Å². The van der Waals surface area contributed by atoms with Crippen molar-refractivity contribution in [2.45, 2.75) is 6.54 Å². The fourth-order valence-corrected chi connectivity index (χ4v) is 2.14. The molecule has 0 radical (unpaired) electrons. The van der Waals surface area contributed by atoms with Gasteiger partial charge in [-0.2, -0.15) is 0 Å². The molecule has 0 saturated heterocycles. The largest absolute Gasteiger partial charge is 0.476 e. The quantitative estimate of drug-likeness (QED) is 0.840. The number of hydrogen-bond donors (Lipinski definition) is 2. The van der Waals surface area contributed by atoms with Gasteiger partial charge in [-0.15, -0.1) is 11.3 Å². The van der Waals surface area contributed by atoms with Crippen LogP contribution in [0.15, 0.2) is 23.6 Å². The van der Waals surface area contributed by atoms with E-state index in [4.69, 9.17) is 16.7 Å². The van der Waals surface area contributed by atoms with Crippen molar-refractivity contribution in [1.82, 2.24) is 15.3 Å². The Bertz CT molecular complexity index is 629. The second-order valence-electron chi connectivity index (χ2n) is 3.46. The van der Waals surface area contributed by atoms with Gasteiger partial charge in [0.15, 0.2) is 5.69 Å². The van der Waals surface area contributed by atoms with E-state index in [0.717, 1.165) is 0 Å². The SMILES string of the molecule is O=C(O)c1csc(CNC(=O)c2cccc(Cl)n2)n1. The number of pyridine rings is 1. The number of hydrogen-bond acceptors (Lipinski definition) is 5.